The van der Waals surface area contributed by atoms with Crippen molar-refractivity contribution in [2.45, 2.75) is 25.2 Å². The molecule has 2 aromatic carbocycles. The van der Waals surface area contributed by atoms with Crippen molar-refractivity contribution in [3.05, 3.63) is 65.6 Å². The quantitative estimate of drug-likeness (QED) is 0.750. The Labute approximate surface area is 157 Å². The number of fused-ring (bicyclic) bond motifs is 1. The summed E-state index contributed by atoms with van der Waals surface area (Å²) in [4.78, 5) is 17.8. The number of H-pyrrole nitrogens is 1. The number of methoxy groups -OCH3 is 1. The number of halogens is 1. The Balaban J connectivity index is 1.42. The largest absolute Gasteiger partial charge is 0.497 e. The van der Waals surface area contributed by atoms with Gasteiger partial charge in [0.15, 0.2) is 0 Å². The molecule has 0 aliphatic carbocycles. The molecule has 1 amide bonds. The van der Waals surface area contributed by atoms with Gasteiger partial charge in [-0.05, 0) is 60.2 Å². The van der Waals surface area contributed by atoms with E-state index in [1.54, 1.807) is 19.2 Å². The highest BCUT2D eigenvalue weighted by Crippen LogP contribution is 2.34. The number of likely N-dealkylation sites (tertiary alicyclic amines) is 1. The number of ether oxygens (including phenoxy) is 1. The van der Waals surface area contributed by atoms with E-state index in [2.05, 4.69) is 17.2 Å². The molecule has 1 saturated heterocycles. The highest BCUT2D eigenvalue weighted by Gasteiger charge is 2.25. The third-order valence-electron chi connectivity index (χ3n) is 5.45. The minimum absolute atomic E-state index is 0.0691. The van der Waals surface area contributed by atoms with E-state index in [1.807, 2.05) is 17.0 Å². The first-order valence-corrected chi connectivity index (χ1v) is 9.31. The van der Waals surface area contributed by atoms with Gasteiger partial charge in [-0.25, -0.2) is 4.39 Å². The van der Waals surface area contributed by atoms with Crippen LogP contribution in [0.3, 0.4) is 0 Å². The summed E-state index contributed by atoms with van der Waals surface area (Å²) >= 11 is 0. The molecule has 0 saturated carbocycles. The number of rotatable bonds is 4. The SMILES string of the molecule is COc1ccc2[nH]cc(C3CCN(C(=O)Cc4cccc(F)c4)CC3)c2c1. The van der Waals surface area contributed by atoms with Gasteiger partial charge in [0.2, 0.25) is 5.91 Å². The fourth-order valence-corrected chi connectivity index (χ4v) is 3.96. The van der Waals surface area contributed by atoms with Crippen molar-refractivity contribution < 1.29 is 13.9 Å². The monoisotopic (exact) mass is 366 g/mol. The summed E-state index contributed by atoms with van der Waals surface area (Å²) in [6.45, 7) is 1.46. The molecule has 1 N–H and O–H groups in total. The Morgan fingerprint density at radius 3 is 2.78 bits per heavy atom. The molecule has 1 aliphatic rings. The van der Waals surface area contributed by atoms with Crippen LogP contribution in [0.1, 0.15) is 29.9 Å². The Morgan fingerprint density at radius 2 is 2.04 bits per heavy atom. The molecular formula is C22H23FN2O2. The van der Waals surface area contributed by atoms with E-state index in [0.717, 1.165) is 42.8 Å². The normalized spacial score (nSPS) is 15.3. The number of benzene rings is 2. The second-order valence-corrected chi connectivity index (χ2v) is 7.12. The summed E-state index contributed by atoms with van der Waals surface area (Å²) in [5.74, 6) is 1.04. The number of nitrogens with one attached hydrogen (secondary N) is 1. The molecule has 0 atom stereocenters. The standard InChI is InChI=1S/C22H23FN2O2/c1-27-18-5-6-21-19(13-18)20(14-24-21)16-7-9-25(10-8-16)22(26)12-15-3-2-4-17(23)11-15/h2-6,11,13-14,16,24H,7-10,12H2,1H3. The van der Waals surface area contributed by atoms with Crippen LogP contribution >= 0.6 is 0 Å². The predicted octanol–water partition coefficient (Wildman–Crippen LogP) is 4.26. The van der Waals surface area contributed by atoms with Crippen molar-refractivity contribution in [1.29, 1.82) is 0 Å². The maximum atomic E-state index is 13.3. The number of piperidine rings is 1. The lowest BCUT2D eigenvalue weighted by Crippen LogP contribution is -2.38. The number of hydrogen-bond donors (Lipinski definition) is 1. The summed E-state index contributed by atoms with van der Waals surface area (Å²) in [5.41, 5.74) is 3.13. The lowest BCUT2D eigenvalue weighted by molar-refractivity contribution is -0.131. The smallest absolute Gasteiger partial charge is 0.226 e. The summed E-state index contributed by atoms with van der Waals surface area (Å²) in [6, 6.07) is 12.3. The molecule has 4 rings (SSSR count). The van der Waals surface area contributed by atoms with Gasteiger partial charge < -0.3 is 14.6 Å². The Hall–Kier alpha value is -2.82. The van der Waals surface area contributed by atoms with Crippen molar-refractivity contribution >= 4 is 16.8 Å². The van der Waals surface area contributed by atoms with Gasteiger partial charge in [0.05, 0.1) is 13.5 Å². The molecule has 140 valence electrons. The van der Waals surface area contributed by atoms with E-state index in [-0.39, 0.29) is 18.1 Å². The average Bonchev–Trinajstić information content (AvgIpc) is 3.11. The molecule has 3 aromatic rings. The van der Waals surface area contributed by atoms with Crippen LogP contribution in [0.25, 0.3) is 10.9 Å². The molecule has 0 unspecified atom stereocenters. The van der Waals surface area contributed by atoms with Gasteiger partial charge in [-0.2, -0.15) is 0 Å². The first-order chi connectivity index (χ1) is 13.1. The molecule has 2 heterocycles. The van der Waals surface area contributed by atoms with Crippen LogP contribution in [0.4, 0.5) is 4.39 Å². The van der Waals surface area contributed by atoms with Crippen molar-refractivity contribution in [2.75, 3.05) is 20.2 Å². The number of amides is 1. The zero-order valence-corrected chi connectivity index (χ0v) is 15.4. The van der Waals surface area contributed by atoms with E-state index >= 15 is 0 Å². The predicted molar refractivity (Wildman–Crippen MR) is 104 cm³/mol. The van der Waals surface area contributed by atoms with Crippen LogP contribution in [0.5, 0.6) is 5.75 Å². The summed E-state index contributed by atoms with van der Waals surface area (Å²) in [5, 5.41) is 1.19. The van der Waals surface area contributed by atoms with Crippen LogP contribution in [-0.2, 0) is 11.2 Å². The fraction of sp³-hybridized carbons (Fsp3) is 0.318. The van der Waals surface area contributed by atoms with Crippen LogP contribution in [0, 0.1) is 5.82 Å². The minimum atomic E-state index is -0.297. The van der Waals surface area contributed by atoms with E-state index in [0.29, 0.717) is 5.92 Å². The minimum Gasteiger partial charge on any atom is -0.497 e. The maximum absolute atomic E-state index is 13.3. The number of carbonyl (C=O) groups is 1. The molecule has 27 heavy (non-hydrogen) atoms. The topological polar surface area (TPSA) is 45.3 Å². The Kier molecular flexibility index (Phi) is 4.84. The zero-order chi connectivity index (χ0) is 18.8. The third-order valence-corrected chi connectivity index (χ3v) is 5.45. The van der Waals surface area contributed by atoms with Crippen LogP contribution in [0.2, 0.25) is 0 Å². The van der Waals surface area contributed by atoms with Crippen molar-refractivity contribution in [3.63, 3.8) is 0 Å². The lowest BCUT2D eigenvalue weighted by Gasteiger charge is -2.32. The second kappa shape index (κ2) is 7.43. The lowest BCUT2D eigenvalue weighted by atomic mass is 9.89. The van der Waals surface area contributed by atoms with Crippen LogP contribution < -0.4 is 4.74 Å². The highest BCUT2D eigenvalue weighted by atomic mass is 19.1. The number of carbonyl (C=O) groups excluding carboxylic acids is 1. The third kappa shape index (κ3) is 3.68. The molecule has 0 bridgehead atoms. The molecule has 5 heteroatoms. The first kappa shape index (κ1) is 17.6. The average molecular weight is 366 g/mol. The molecule has 0 spiro atoms. The number of hydrogen-bond acceptors (Lipinski definition) is 2. The van der Waals surface area contributed by atoms with Crippen LogP contribution in [-0.4, -0.2) is 36.0 Å². The van der Waals surface area contributed by atoms with E-state index < -0.39 is 0 Å². The Morgan fingerprint density at radius 1 is 1.22 bits per heavy atom. The summed E-state index contributed by atoms with van der Waals surface area (Å²) in [7, 11) is 1.68. The van der Waals surface area contributed by atoms with Gasteiger partial charge in [-0.15, -0.1) is 0 Å². The number of aromatic amines is 1. The molecule has 1 fully saturated rings. The molecule has 4 nitrogen and oxygen atoms in total. The van der Waals surface area contributed by atoms with E-state index in [9.17, 15) is 9.18 Å². The molecule has 0 radical (unpaired) electrons. The van der Waals surface area contributed by atoms with Crippen molar-refractivity contribution in [2.24, 2.45) is 0 Å². The van der Waals surface area contributed by atoms with Gasteiger partial charge in [0, 0.05) is 30.2 Å². The van der Waals surface area contributed by atoms with Gasteiger partial charge >= 0.3 is 0 Å². The van der Waals surface area contributed by atoms with Gasteiger partial charge in [0.1, 0.15) is 11.6 Å². The van der Waals surface area contributed by atoms with Gasteiger partial charge in [-0.3, -0.25) is 4.79 Å². The van der Waals surface area contributed by atoms with E-state index in [1.165, 1.54) is 23.1 Å². The van der Waals surface area contributed by atoms with Gasteiger partial charge in [-0.1, -0.05) is 12.1 Å². The van der Waals surface area contributed by atoms with Crippen molar-refractivity contribution in [3.8, 4) is 5.75 Å². The number of nitrogens with zero attached hydrogens (tertiary/aromatic N) is 1. The molecule has 1 aliphatic heterocycles. The fourth-order valence-electron chi connectivity index (χ4n) is 3.96. The Bertz CT molecular complexity index is 958. The molecular weight excluding hydrogens is 343 g/mol. The van der Waals surface area contributed by atoms with Gasteiger partial charge in [0.25, 0.3) is 0 Å². The second-order valence-electron chi connectivity index (χ2n) is 7.12. The summed E-state index contributed by atoms with van der Waals surface area (Å²) in [6.07, 6.45) is 4.20. The maximum Gasteiger partial charge on any atom is 0.226 e. The number of aromatic nitrogens is 1. The molecule has 1 aromatic heterocycles. The first-order valence-electron chi connectivity index (χ1n) is 9.31. The van der Waals surface area contributed by atoms with Crippen molar-refractivity contribution in [1.82, 2.24) is 9.88 Å². The summed E-state index contributed by atoms with van der Waals surface area (Å²) < 4.78 is 18.7. The zero-order valence-electron chi connectivity index (χ0n) is 15.4. The van der Waals surface area contributed by atoms with E-state index in [4.69, 9.17) is 4.74 Å². The highest BCUT2D eigenvalue weighted by molar-refractivity contribution is 5.85. The van der Waals surface area contributed by atoms with Crippen LogP contribution in [0.15, 0.2) is 48.7 Å².